The predicted molar refractivity (Wildman–Crippen MR) is 89.9 cm³/mol. The first-order valence-corrected chi connectivity index (χ1v) is 7.84. The van der Waals surface area contributed by atoms with Gasteiger partial charge in [0, 0.05) is 6.07 Å². The molecule has 0 unspecified atom stereocenters. The molecular formula is C18H23FN2O3. The zero-order valence-electron chi connectivity index (χ0n) is 14.3. The van der Waals surface area contributed by atoms with Crippen LogP contribution in [0.1, 0.15) is 31.9 Å². The van der Waals surface area contributed by atoms with Gasteiger partial charge in [0.1, 0.15) is 19.0 Å². The minimum atomic E-state index is -0.478. The van der Waals surface area contributed by atoms with Gasteiger partial charge in [-0.05, 0) is 31.9 Å². The lowest BCUT2D eigenvalue weighted by Gasteiger charge is -2.20. The van der Waals surface area contributed by atoms with E-state index in [9.17, 15) is 9.18 Å². The number of hydrogen-bond donors (Lipinski definition) is 0. The van der Waals surface area contributed by atoms with E-state index in [0.717, 1.165) is 11.1 Å². The molecule has 0 amide bonds. The third kappa shape index (κ3) is 5.16. The Morgan fingerprint density at radius 1 is 1.12 bits per heavy atom. The van der Waals surface area contributed by atoms with Gasteiger partial charge < -0.3 is 9.47 Å². The molecule has 24 heavy (non-hydrogen) atoms. The third-order valence-electron chi connectivity index (χ3n) is 3.33. The third-order valence-corrected chi connectivity index (χ3v) is 3.33. The number of nitrogens with zero attached hydrogens (tertiary/aromatic N) is 2. The molecule has 6 heteroatoms. The van der Waals surface area contributed by atoms with Gasteiger partial charge in [-0.1, -0.05) is 24.3 Å². The smallest absolute Gasteiger partial charge is 0.270 e. The highest BCUT2D eigenvalue weighted by Crippen LogP contribution is 2.13. The summed E-state index contributed by atoms with van der Waals surface area (Å²) in [5.74, 6) is 0.441. The Labute approximate surface area is 141 Å². The van der Waals surface area contributed by atoms with Crippen LogP contribution in [0, 0.1) is 0 Å². The Balaban J connectivity index is 1.94. The van der Waals surface area contributed by atoms with Crippen molar-refractivity contribution >= 4 is 0 Å². The van der Waals surface area contributed by atoms with Crippen molar-refractivity contribution in [2.24, 2.45) is 0 Å². The lowest BCUT2D eigenvalue weighted by Crippen LogP contribution is -2.35. The number of halogens is 1. The summed E-state index contributed by atoms with van der Waals surface area (Å²) in [7, 11) is 0. The molecule has 0 spiro atoms. The van der Waals surface area contributed by atoms with Crippen LogP contribution in [0.4, 0.5) is 4.39 Å². The fourth-order valence-corrected chi connectivity index (χ4v) is 2.12. The van der Waals surface area contributed by atoms with Gasteiger partial charge in [0.15, 0.2) is 0 Å². The normalized spacial score (nSPS) is 11.5. The second kappa shape index (κ2) is 8.06. The molecule has 0 fully saturated rings. The van der Waals surface area contributed by atoms with Crippen molar-refractivity contribution < 1.29 is 13.9 Å². The first-order valence-electron chi connectivity index (χ1n) is 7.84. The van der Waals surface area contributed by atoms with Crippen LogP contribution in [0.25, 0.3) is 0 Å². The minimum absolute atomic E-state index is 0.109. The van der Waals surface area contributed by atoms with Crippen LogP contribution in [0.5, 0.6) is 5.75 Å². The molecule has 0 aliphatic heterocycles. The topological polar surface area (TPSA) is 53.4 Å². The first kappa shape index (κ1) is 18.1. The van der Waals surface area contributed by atoms with Crippen LogP contribution in [0.15, 0.2) is 41.3 Å². The fourth-order valence-electron chi connectivity index (χ4n) is 2.12. The summed E-state index contributed by atoms with van der Waals surface area (Å²) in [5, 5.41) is 4.15. The van der Waals surface area contributed by atoms with E-state index in [1.807, 2.05) is 45.0 Å². The van der Waals surface area contributed by atoms with E-state index in [-0.39, 0.29) is 17.7 Å². The van der Waals surface area contributed by atoms with Crippen molar-refractivity contribution in [1.82, 2.24) is 9.78 Å². The minimum Gasteiger partial charge on any atom is -0.487 e. The summed E-state index contributed by atoms with van der Waals surface area (Å²) < 4.78 is 24.2. The maximum Gasteiger partial charge on any atom is 0.270 e. The van der Waals surface area contributed by atoms with E-state index >= 15 is 0 Å². The van der Waals surface area contributed by atoms with Gasteiger partial charge in [0.2, 0.25) is 0 Å². The van der Waals surface area contributed by atoms with Gasteiger partial charge >= 0.3 is 0 Å². The average molecular weight is 334 g/mol. The number of rotatable bonds is 7. The lowest BCUT2D eigenvalue weighted by molar-refractivity contribution is 0.106. The number of benzene rings is 1. The highest BCUT2D eigenvalue weighted by molar-refractivity contribution is 5.22. The zero-order chi connectivity index (χ0) is 17.6. The molecule has 0 N–H and O–H groups in total. The second-order valence-electron chi connectivity index (χ2n) is 6.46. The molecule has 2 rings (SSSR count). The van der Waals surface area contributed by atoms with Crippen molar-refractivity contribution in [3.63, 3.8) is 0 Å². The Bertz CT molecular complexity index is 705. The average Bonchev–Trinajstić information content (AvgIpc) is 2.53. The molecule has 0 aliphatic carbocycles. The van der Waals surface area contributed by atoms with E-state index in [1.165, 1.54) is 10.7 Å². The zero-order valence-corrected chi connectivity index (χ0v) is 14.3. The second-order valence-corrected chi connectivity index (χ2v) is 6.46. The van der Waals surface area contributed by atoms with Crippen LogP contribution in [0.2, 0.25) is 0 Å². The Kier molecular flexibility index (Phi) is 6.09. The molecular weight excluding hydrogens is 311 g/mol. The largest absolute Gasteiger partial charge is 0.487 e. The van der Waals surface area contributed by atoms with Crippen LogP contribution in [-0.4, -0.2) is 23.1 Å². The Hall–Kier alpha value is -2.21. The van der Waals surface area contributed by atoms with Crippen molar-refractivity contribution in [3.8, 4) is 5.75 Å². The van der Waals surface area contributed by atoms with E-state index in [2.05, 4.69) is 5.10 Å². The van der Waals surface area contributed by atoms with Crippen molar-refractivity contribution in [2.75, 3.05) is 13.3 Å². The molecule has 0 saturated carbocycles. The number of ether oxygens (including phenoxy) is 2. The molecule has 0 atom stereocenters. The predicted octanol–water partition coefficient (Wildman–Crippen LogP) is 3.06. The molecule has 5 nitrogen and oxygen atoms in total. The molecule has 1 heterocycles. The quantitative estimate of drug-likeness (QED) is 0.730. The first-order chi connectivity index (χ1) is 11.4. The van der Waals surface area contributed by atoms with E-state index in [0.29, 0.717) is 19.0 Å². The SMILES string of the molecule is CC(C)(C)n1ncc(OCc2ccc(COCCF)cc2)cc1=O. The van der Waals surface area contributed by atoms with Gasteiger partial charge in [0.25, 0.3) is 5.56 Å². The molecule has 1 aromatic heterocycles. The molecule has 2 aromatic rings. The molecule has 0 radical (unpaired) electrons. The van der Waals surface area contributed by atoms with Crippen molar-refractivity contribution in [1.29, 1.82) is 0 Å². The van der Waals surface area contributed by atoms with Crippen LogP contribution < -0.4 is 10.3 Å². The highest BCUT2D eigenvalue weighted by Gasteiger charge is 2.16. The Morgan fingerprint density at radius 3 is 2.29 bits per heavy atom. The van der Waals surface area contributed by atoms with Gasteiger partial charge in [-0.2, -0.15) is 5.10 Å². The summed E-state index contributed by atoms with van der Waals surface area (Å²) >= 11 is 0. The maximum absolute atomic E-state index is 12.0. The van der Waals surface area contributed by atoms with Crippen LogP contribution in [0.3, 0.4) is 0 Å². The monoisotopic (exact) mass is 334 g/mol. The van der Waals surface area contributed by atoms with Crippen molar-refractivity contribution in [2.45, 2.75) is 39.5 Å². The molecule has 0 aliphatic rings. The van der Waals surface area contributed by atoms with Crippen molar-refractivity contribution in [3.05, 3.63) is 58.0 Å². The highest BCUT2D eigenvalue weighted by atomic mass is 19.1. The van der Waals surface area contributed by atoms with Gasteiger partial charge in [-0.25, -0.2) is 9.07 Å². The standard InChI is InChI=1S/C18H23FN2O3/c1-18(2,3)21-17(22)10-16(11-20-21)24-13-15-6-4-14(5-7-15)12-23-9-8-19/h4-7,10-11H,8-9,12-13H2,1-3H3. The summed E-state index contributed by atoms with van der Waals surface area (Å²) in [6.45, 7) is 6.11. The van der Waals surface area contributed by atoms with E-state index < -0.39 is 6.67 Å². The summed E-state index contributed by atoms with van der Waals surface area (Å²) in [6.07, 6.45) is 1.55. The van der Waals surface area contributed by atoms with Crippen LogP contribution in [-0.2, 0) is 23.5 Å². The summed E-state index contributed by atoms with van der Waals surface area (Å²) in [6, 6.07) is 9.09. The molecule has 130 valence electrons. The molecule has 0 bridgehead atoms. The van der Waals surface area contributed by atoms with E-state index in [1.54, 1.807) is 6.20 Å². The molecule has 0 saturated heterocycles. The van der Waals surface area contributed by atoms with Gasteiger partial charge in [0.05, 0.1) is 24.9 Å². The fraction of sp³-hybridized carbons (Fsp3) is 0.444. The maximum atomic E-state index is 12.0. The number of aromatic nitrogens is 2. The summed E-state index contributed by atoms with van der Waals surface area (Å²) in [5.41, 5.74) is 1.38. The number of hydrogen-bond acceptors (Lipinski definition) is 4. The lowest BCUT2D eigenvalue weighted by atomic mass is 10.1. The van der Waals surface area contributed by atoms with Gasteiger partial charge in [-0.3, -0.25) is 4.79 Å². The Morgan fingerprint density at radius 2 is 1.75 bits per heavy atom. The van der Waals surface area contributed by atoms with E-state index in [4.69, 9.17) is 9.47 Å². The summed E-state index contributed by atoms with van der Waals surface area (Å²) in [4.78, 5) is 12.0. The number of alkyl halides is 1. The van der Waals surface area contributed by atoms with Gasteiger partial charge in [-0.15, -0.1) is 0 Å². The molecule has 1 aromatic carbocycles. The van der Waals surface area contributed by atoms with Crippen LogP contribution >= 0.6 is 0 Å².